The van der Waals surface area contributed by atoms with Gasteiger partial charge in [-0.1, -0.05) is 35.6 Å². The average Bonchev–Trinajstić information content (AvgIpc) is 2.87. The van der Waals surface area contributed by atoms with E-state index in [-0.39, 0.29) is 5.91 Å². The average molecular weight is 340 g/mol. The number of ether oxygens (including phenoxy) is 1. The van der Waals surface area contributed by atoms with Gasteiger partial charge in [0.15, 0.2) is 4.80 Å². The quantitative estimate of drug-likeness (QED) is 0.728. The van der Waals surface area contributed by atoms with E-state index >= 15 is 0 Å². The van der Waals surface area contributed by atoms with Crippen LogP contribution in [-0.4, -0.2) is 17.1 Å². The molecule has 2 aromatic carbocycles. The molecular weight excluding hydrogens is 320 g/mol. The predicted octanol–water partition coefficient (Wildman–Crippen LogP) is 3.62. The maximum atomic E-state index is 12.3. The van der Waals surface area contributed by atoms with Crippen molar-refractivity contribution in [3.63, 3.8) is 0 Å². The van der Waals surface area contributed by atoms with Gasteiger partial charge < -0.3 is 9.30 Å². The number of amides is 1. The van der Waals surface area contributed by atoms with E-state index in [0.29, 0.717) is 13.0 Å². The zero-order valence-electron chi connectivity index (χ0n) is 14.1. The van der Waals surface area contributed by atoms with Gasteiger partial charge in [0.2, 0.25) is 0 Å². The first-order chi connectivity index (χ1) is 11.6. The fourth-order valence-electron chi connectivity index (χ4n) is 2.70. The third-order valence-corrected chi connectivity index (χ3v) is 4.93. The number of thiazole rings is 1. The Kier molecular flexibility index (Phi) is 4.81. The van der Waals surface area contributed by atoms with Gasteiger partial charge in [0.25, 0.3) is 5.91 Å². The number of hydrogen-bond donors (Lipinski definition) is 0. The molecule has 0 fully saturated rings. The van der Waals surface area contributed by atoms with E-state index in [0.717, 1.165) is 26.3 Å². The third kappa shape index (κ3) is 3.41. The maximum Gasteiger partial charge on any atom is 0.252 e. The molecule has 0 spiro atoms. The van der Waals surface area contributed by atoms with Crippen molar-refractivity contribution >= 4 is 27.5 Å². The second-order valence-electron chi connectivity index (χ2n) is 5.62. The Balaban J connectivity index is 1.84. The summed E-state index contributed by atoms with van der Waals surface area (Å²) in [6.07, 6.45) is 0.291. The lowest BCUT2D eigenvalue weighted by atomic mass is 10.1. The van der Waals surface area contributed by atoms with Gasteiger partial charge in [0.05, 0.1) is 23.2 Å². The summed E-state index contributed by atoms with van der Waals surface area (Å²) >= 11 is 1.54. The van der Waals surface area contributed by atoms with Crippen LogP contribution in [0.5, 0.6) is 5.75 Å². The number of rotatable bonds is 4. The van der Waals surface area contributed by atoms with E-state index in [1.54, 1.807) is 11.3 Å². The Morgan fingerprint density at radius 3 is 2.62 bits per heavy atom. The molecule has 0 bridgehead atoms. The monoisotopic (exact) mass is 340 g/mol. The van der Waals surface area contributed by atoms with Gasteiger partial charge in [0, 0.05) is 7.05 Å². The Hall–Kier alpha value is -2.40. The summed E-state index contributed by atoms with van der Waals surface area (Å²) in [5.41, 5.74) is 3.26. The Morgan fingerprint density at radius 2 is 1.96 bits per heavy atom. The van der Waals surface area contributed by atoms with Crippen molar-refractivity contribution in [2.45, 2.75) is 20.3 Å². The molecule has 5 heteroatoms. The zero-order valence-corrected chi connectivity index (χ0v) is 14.9. The van der Waals surface area contributed by atoms with E-state index in [9.17, 15) is 4.79 Å². The molecule has 124 valence electrons. The lowest BCUT2D eigenvalue weighted by molar-refractivity contribution is -0.117. The predicted molar refractivity (Wildman–Crippen MR) is 97.4 cm³/mol. The topological polar surface area (TPSA) is 43.6 Å². The molecule has 0 aliphatic rings. The van der Waals surface area contributed by atoms with Gasteiger partial charge in [0.1, 0.15) is 5.75 Å². The molecule has 0 N–H and O–H groups in total. The number of fused-ring (bicyclic) bond motifs is 1. The first-order valence-electron chi connectivity index (χ1n) is 7.93. The molecule has 0 aliphatic heterocycles. The van der Waals surface area contributed by atoms with Crippen molar-refractivity contribution in [2.24, 2.45) is 12.0 Å². The summed E-state index contributed by atoms with van der Waals surface area (Å²) in [5.74, 6) is 0.677. The van der Waals surface area contributed by atoms with E-state index < -0.39 is 0 Å². The number of carbonyl (C=O) groups excluding carboxylic acids is 1. The molecule has 1 heterocycles. The molecule has 24 heavy (non-hydrogen) atoms. The highest BCUT2D eigenvalue weighted by Crippen LogP contribution is 2.19. The molecule has 0 atom stereocenters. The molecule has 1 amide bonds. The fourth-order valence-corrected chi connectivity index (χ4v) is 3.81. The van der Waals surface area contributed by atoms with Crippen molar-refractivity contribution in [1.82, 2.24) is 4.57 Å². The van der Waals surface area contributed by atoms with Gasteiger partial charge in [-0.05, 0) is 43.2 Å². The summed E-state index contributed by atoms with van der Waals surface area (Å²) in [7, 11) is 1.95. The van der Waals surface area contributed by atoms with Crippen molar-refractivity contribution in [2.75, 3.05) is 6.61 Å². The van der Waals surface area contributed by atoms with E-state index in [4.69, 9.17) is 4.74 Å². The lowest BCUT2D eigenvalue weighted by Gasteiger charge is -2.03. The second-order valence-corrected chi connectivity index (χ2v) is 6.63. The summed E-state index contributed by atoms with van der Waals surface area (Å²) in [5, 5.41) is 0. The highest BCUT2D eigenvalue weighted by Gasteiger charge is 2.07. The van der Waals surface area contributed by atoms with E-state index in [1.807, 2.05) is 48.9 Å². The minimum absolute atomic E-state index is 0.140. The smallest absolute Gasteiger partial charge is 0.252 e. The first kappa shape index (κ1) is 16.5. The number of hydrogen-bond acceptors (Lipinski definition) is 3. The molecule has 1 aromatic heterocycles. The van der Waals surface area contributed by atoms with E-state index in [2.05, 4.69) is 24.0 Å². The van der Waals surface area contributed by atoms with Crippen molar-refractivity contribution in [3.05, 3.63) is 58.4 Å². The SMILES string of the molecule is CCOc1ccc(CC(=O)N=c2sc3cccc(C)c3n2C)cc1. The van der Waals surface area contributed by atoms with Crippen LogP contribution in [0.3, 0.4) is 0 Å². The van der Waals surface area contributed by atoms with Gasteiger partial charge >= 0.3 is 0 Å². The van der Waals surface area contributed by atoms with Crippen LogP contribution in [0, 0.1) is 6.92 Å². The summed E-state index contributed by atoms with van der Waals surface area (Å²) in [6.45, 7) is 4.65. The van der Waals surface area contributed by atoms with Crippen LogP contribution in [0.2, 0.25) is 0 Å². The van der Waals surface area contributed by atoms with Crippen molar-refractivity contribution in [3.8, 4) is 5.75 Å². The van der Waals surface area contributed by atoms with Crippen LogP contribution in [0.15, 0.2) is 47.5 Å². The van der Waals surface area contributed by atoms with Gasteiger partial charge in [-0.3, -0.25) is 4.79 Å². The molecular formula is C19H20N2O2S. The lowest BCUT2D eigenvalue weighted by Crippen LogP contribution is -2.14. The van der Waals surface area contributed by atoms with Crippen molar-refractivity contribution < 1.29 is 9.53 Å². The van der Waals surface area contributed by atoms with Crippen LogP contribution in [-0.2, 0) is 18.3 Å². The molecule has 3 aromatic rings. The Labute approximate surface area is 145 Å². The summed E-state index contributed by atoms with van der Waals surface area (Å²) < 4.78 is 8.55. The van der Waals surface area contributed by atoms with Crippen molar-refractivity contribution in [1.29, 1.82) is 0 Å². The minimum Gasteiger partial charge on any atom is -0.494 e. The highest BCUT2D eigenvalue weighted by molar-refractivity contribution is 7.16. The fraction of sp³-hybridized carbons (Fsp3) is 0.263. The molecule has 4 nitrogen and oxygen atoms in total. The first-order valence-corrected chi connectivity index (χ1v) is 8.74. The van der Waals surface area contributed by atoms with Gasteiger partial charge in [-0.25, -0.2) is 0 Å². The Morgan fingerprint density at radius 1 is 1.21 bits per heavy atom. The number of aryl methyl sites for hydroxylation is 2. The van der Waals surface area contributed by atoms with Gasteiger partial charge in [-0.2, -0.15) is 4.99 Å². The largest absolute Gasteiger partial charge is 0.494 e. The number of carbonyl (C=O) groups is 1. The number of para-hydroxylation sites is 1. The standard InChI is InChI=1S/C19H20N2O2S/c1-4-23-15-10-8-14(9-11-15)12-17(22)20-19-21(3)18-13(2)6-5-7-16(18)24-19/h5-11H,4,12H2,1-3H3. The zero-order chi connectivity index (χ0) is 17.1. The molecule has 0 aliphatic carbocycles. The normalized spacial score (nSPS) is 11.9. The summed E-state index contributed by atoms with van der Waals surface area (Å²) in [6, 6.07) is 13.7. The molecule has 0 radical (unpaired) electrons. The van der Waals surface area contributed by atoms with Crippen LogP contribution in [0.4, 0.5) is 0 Å². The Bertz CT molecular complexity index is 936. The van der Waals surface area contributed by atoms with E-state index in [1.165, 1.54) is 5.56 Å². The molecule has 3 rings (SSSR count). The number of benzene rings is 2. The molecule has 0 saturated carbocycles. The third-order valence-electron chi connectivity index (χ3n) is 3.83. The second kappa shape index (κ2) is 7.01. The van der Waals surface area contributed by atoms with Gasteiger partial charge in [-0.15, -0.1) is 0 Å². The maximum absolute atomic E-state index is 12.3. The minimum atomic E-state index is -0.140. The highest BCUT2D eigenvalue weighted by atomic mass is 32.1. The molecule has 0 saturated heterocycles. The number of aromatic nitrogens is 1. The molecule has 0 unspecified atom stereocenters. The van der Waals surface area contributed by atoms with Crippen LogP contribution >= 0.6 is 11.3 Å². The van der Waals surface area contributed by atoms with Crippen LogP contribution in [0.1, 0.15) is 18.1 Å². The summed E-state index contributed by atoms with van der Waals surface area (Å²) in [4.78, 5) is 17.3. The number of nitrogens with zero attached hydrogens (tertiary/aromatic N) is 2. The van der Waals surface area contributed by atoms with Crippen LogP contribution < -0.4 is 9.54 Å². The van der Waals surface area contributed by atoms with Crippen LogP contribution in [0.25, 0.3) is 10.2 Å².